The Morgan fingerprint density at radius 2 is 1.71 bits per heavy atom. The van der Waals surface area contributed by atoms with E-state index in [1.54, 1.807) is 0 Å². The normalized spacial score (nSPS) is 40.0. The summed E-state index contributed by atoms with van der Waals surface area (Å²) in [5.41, 5.74) is 4.51. The van der Waals surface area contributed by atoms with E-state index in [0.29, 0.717) is 79.5 Å². The van der Waals surface area contributed by atoms with Gasteiger partial charge in [-0.05, 0) is 177 Å². The Morgan fingerprint density at radius 3 is 2.44 bits per heavy atom. The lowest BCUT2D eigenvalue weighted by Gasteiger charge is -2.72. The first kappa shape index (κ1) is 44.7. The van der Waals surface area contributed by atoms with E-state index < -0.39 is 15.3 Å². The van der Waals surface area contributed by atoms with Crippen molar-refractivity contribution in [3.63, 3.8) is 0 Å². The van der Waals surface area contributed by atoms with Crippen LogP contribution >= 0.6 is 11.5 Å². The topological polar surface area (TPSA) is 97.8 Å². The van der Waals surface area contributed by atoms with E-state index in [4.69, 9.17) is 9.47 Å². The fourth-order valence-electron chi connectivity index (χ4n) is 16.0. The van der Waals surface area contributed by atoms with Crippen molar-refractivity contribution in [3.05, 3.63) is 59.7 Å². The van der Waals surface area contributed by atoms with E-state index in [1.165, 1.54) is 79.6 Å². The number of benzene rings is 1. The molecule has 6 aliphatic carbocycles. The SMILES string of the molecule is C=C(C)[C@@H]1CC[C@]2(NCCN3CCS(=O)(=O)CC3)CC[C@]3(C)[C@H](CCC4[C@@]5(C)CC=C(C6=CCC(COc7nsc8ccccc78)(C(=O)OCC)CC6)C(C)(C)C5CC[C@]43C)C12. The number of nitrogens with zero attached hydrogens (tertiary/aromatic N) is 2. The van der Waals surface area contributed by atoms with E-state index >= 15 is 0 Å². The zero-order valence-corrected chi connectivity index (χ0v) is 40.6. The van der Waals surface area contributed by atoms with Gasteiger partial charge in [0.05, 0.1) is 28.2 Å². The van der Waals surface area contributed by atoms with Crippen molar-refractivity contribution in [1.82, 2.24) is 14.6 Å². The van der Waals surface area contributed by atoms with Gasteiger partial charge in [-0.2, -0.15) is 4.37 Å². The summed E-state index contributed by atoms with van der Waals surface area (Å²) >= 11 is 1.44. The van der Waals surface area contributed by atoms with Crippen LogP contribution in [0.4, 0.5) is 0 Å². The smallest absolute Gasteiger partial charge is 0.315 e. The number of ether oxygens (including phenoxy) is 2. The van der Waals surface area contributed by atoms with Crippen molar-refractivity contribution in [3.8, 4) is 5.88 Å². The van der Waals surface area contributed by atoms with Crippen molar-refractivity contribution >= 4 is 37.4 Å². The number of hydrogen-bond acceptors (Lipinski definition) is 9. The molecule has 10 atom stereocenters. The number of sulfone groups is 1. The van der Waals surface area contributed by atoms with Crippen LogP contribution in [-0.4, -0.2) is 80.1 Å². The van der Waals surface area contributed by atoms with Gasteiger partial charge in [0.25, 0.3) is 0 Å². The lowest BCUT2D eigenvalue weighted by molar-refractivity contribution is -0.221. The van der Waals surface area contributed by atoms with E-state index in [0.717, 1.165) is 36.0 Å². The molecule has 9 rings (SSSR count). The number of rotatable bonds is 11. The molecule has 1 aromatic carbocycles. The number of aromatic nitrogens is 1. The van der Waals surface area contributed by atoms with Gasteiger partial charge in [0, 0.05) is 31.7 Å². The van der Waals surface area contributed by atoms with Crippen LogP contribution in [0.3, 0.4) is 0 Å². The molecule has 2 aromatic rings. The summed E-state index contributed by atoms with van der Waals surface area (Å²) in [6.45, 7) is 25.9. The minimum atomic E-state index is -2.87. The Balaban J connectivity index is 0.936. The number of carbonyl (C=O) groups excluding carboxylic acids is 1. The zero-order chi connectivity index (χ0) is 43.9. The molecular formula is C52H75N3O5S2. The number of esters is 1. The maximum absolute atomic E-state index is 13.7. The predicted molar refractivity (Wildman–Crippen MR) is 252 cm³/mol. The Hall–Kier alpha value is -2.53. The molecule has 0 bridgehead atoms. The number of nitrogens with one attached hydrogen (secondary N) is 1. The van der Waals surface area contributed by atoms with Gasteiger partial charge < -0.3 is 19.7 Å². The van der Waals surface area contributed by atoms with Crippen molar-refractivity contribution in [1.29, 1.82) is 0 Å². The van der Waals surface area contributed by atoms with E-state index in [2.05, 4.69) is 80.9 Å². The van der Waals surface area contributed by atoms with Crippen LogP contribution in [0.25, 0.3) is 10.1 Å². The molecule has 2 heterocycles. The second kappa shape index (κ2) is 16.1. The average molecular weight is 886 g/mol. The Morgan fingerprint density at radius 1 is 0.935 bits per heavy atom. The van der Waals surface area contributed by atoms with Crippen LogP contribution in [0.2, 0.25) is 0 Å². The summed E-state index contributed by atoms with van der Waals surface area (Å²) in [5, 5.41) is 5.24. The fraction of sp³-hybridized carbons (Fsp3) is 0.731. The molecule has 340 valence electrons. The van der Waals surface area contributed by atoms with Gasteiger partial charge in [-0.15, -0.1) is 0 Å². The summed E-state index contributed by atoms with van der Waals surface area (Å²) in [5.74, 6) is 4.14. The van der Waals surface area contributed by atoms with Crippen LogP contribution in [0.1, 0.15) is 126 Å². The predicted octanol–water partition coefficient (Wildman–Crippen LogP) is 10.6. The summed E-state index contributed by atoms with van der Waals surface area (Å²) in [4.78, 5) is 16.1. The molecule has 1 saturated heterocycles. The second-order valence-corrected chi connectivity index (χ2v) is 25.6. The molecule has 0 spiro atoms. The van der Waals surface area contributed by atoms with Gasteiger partial charge in [-0.3, -0.25) is 4.79 Å². The summed E-state index contributed by atoms with van der Waals surface area (Å²) in [6, 6.07) is 8.13. The molecule has 4 unspecified atom stereocenters. The zero-order valence-electron chi connectivity index (χ0n) is 39.0. The standard InChI is InChI=1S/C52H75N3O5S2/c1-9-59-46(56)51(34-60-45-38-12-10-11-13-41(38)61-54-45)23-16-36(17-24-51)39-19-21-48(6)42(47(39,4)5)20-22-50(8)43(48)15-14-40-44-37(35(2)3)18-25-52(44,27-26-49(40,50)7)53-28-29-55-30-32-62(57,58)33-31-55/h10-13,16,19,37,40,42-44,53H,2,9,14-15,17-18,20-34H2,1,3-8H3/t37-,40+,42?,43?,44?,48-,49+,50+,51?,52-/m0/s1. The highest BCUT2D eigenvalue weighted by atomic mass is 32.2. The fourth-order valence-corrected chi connectivity index (χ4v) is 18.0. The van der Waals surface area contributed by atoms with Gasteiger partial charge in [0.15, 0.2) is 9.84 Å². The maximum Gasteiger partial charge on any atom is 0.315 e. The third kappa shape index (κ3) is 7.12. The Labute approximate surface area is 377 Å². The lowest BCUT2D eigenvalue weighted by atomic mass is 9.33. The molecule has 1 N–H and O–H groups in total. The van der Waals surface area contributed by atoms with Crippen molar-refractivity contribution in [2.24, 2.45) is 56.7 Å². The lowest BCUT2D eigenvalue weighted by Crippen LogP contribution is -2.68. The average Bonchev–Trinajstić information content (AvgIpc) is 3.83. The molecule has 0 amide bonds. The Bertz CT molecular complexity index is 2230. The highest BCUT2D eigenvalue weighted by Gasteiger charge is 2.70. The molecule has 10 heteroatoms. The third-order valence-corrected chi connectivity index (χ3v) is 21.9. The molecule has 5 fully saturated rings. The largest absolute Gasteiger partial charge is 0.475 e. The molecule has 1 aliphatic heterocycles. The van der Waals surface area contributed by atoms with Crippen molar-refractivity contribution < 1.29 is 22.7 Å². The van der Waals surface area contributed by atoms with Gasteiger partial charge in [-0.1, -0.05) is 71.1 Å². The van der Waals surface area contributed by atoms with E-state index in [-0.39, 0.29) is 39.8 Å². The highest BCUT2D eigenvalue weighted by molar-refractivity contribution is 7.91. The molecule has 1 aromatic heterocycles. The molecule has 4 saturated carbocycles. The minimum absolute atomic E-state index is 0.0263. The first-order valence-corrected chi connectivity index (χ1v) is 26.9. The monoisotopic (exact) mass is 886 g/mol. The molecule has 0 radical (unpaired) electrons. The molecular weight excluding hydrogens is 811 g/mol. The summed E-state index contributed by atoms with van der Waals surface area (Å²) < 4.78 is 42.1. The van der Waals surface area contributed by atoms with Gasteiger partial charge in [-0.25, -0.2) is 8.42 Å². The number of hydrogen-bond donors (Lipinski definition) is 1. The molecule has 8 nitrogen and oxygen atoms in total. The van der Waals surface area contributed by atoms with Gasteiger partial charge in [0.1, 0.15) is 12.0 Å². The quantitative estimate of drug-likeness (QED) is 0.176. The van der Waals surface area contributed by atoms with Crippen LogP contribution < -0.4 is 10.1 Å². The third-order valence-electron chi connectivity index (χ3n) is 19.5. The first-order chi connectivity index (χ1) is 29.4. The van der Waals surface area contributed by atoms with Crippen molar-refractivity contribution in [2.75, 3.05) is 50.9 Å². The maximum atomic E-state index is 13.7. The Kier molecular flexibility index (Phi) is 11.6. The minimum Gasteiger partial charge on any atom is -0.475 e. The number of carbonyl (C=O) groups is 1. The van der Waals surface area contributed by atoms with Crippen LogP contribution in [0.5, 0.6) is 5.88 Å². The number of fused-ring (bicyclic) bond motifs is 8. The second-order valence-electron chi connectivity index (χ2n) is 22.5. The van der Waals surface area contributed by atoms with Crippen LogP contribution in [-0.2, 0) is 19.4 Å². The summed E-state index contributed by atoms with van der Waals surface area (Å²) in [7, 11) is -2.87. The van der Waals surface area contributed by atoms with E-state index in [9.17, 15) is 13.2 Å². The highest BCUT2D eigenvalue weighted by Crippen LogP contribution is 2.76. The van der Waals surface area contributed by atoms with E-state index in [1.807, 2.05) is 25.1 Å². The van der Waals surface area contributed by atoms with Crippen molar-refractivity contribution in [2.45, 2.75) is 131 Å². The van der Waals surface area contributed by atoms with Gasteiger partial charge in [0.2, 0.25) is 5.88 Å². The molecule has 7 aliphatic rings. The first-order valence-electron chi connectivity index (χ1n) is 24.3. The molecule has 62 heavy (non-hydrogen) atoms. The summed E-state index contributed by atoms with van der Waals surface area (Å²) in [6.07, 6.45) is 18.4. The van der Waals surface area contributed by atoms with Crippen LogP contribution in [0.15, 0.2) is 59.7 Å². The number of allylic oxidation sites excluding steroid dienone is 5. The van der Waals surface area contributed by atoms with Crippen LogP contribution in [0, 0.1) is 56.7 Å². The van der Waals surface area contributed by atoms with Gasteiger partial charge >= 0.3 is 5.97 Å².